The third kappa shape index (κ3) is 8.36. The van der Waals surface area contributed by atoms with Gasteiger partial charge in [-0.1, -0.05) is 37.0 Å². The Labute approximate surface area is 234 Å². The van der Waals surface area contributed by atoms with Crippen molar-refractivity contribution < 1.29 is 24.2 Å². The first-order valence-corrected chi connectivity index (χ1v) is 12.8. The van der Waals surface area contributed by atoms with E-state index in [1.165, 1.54) is 24.4 Å². The number of phenols is 1. The van der Waals surface area contributed by atoms with Crippen LogP contribution in [0.5, 0.6) is 5.75 Å². The third-order valence-corrected chi connectivity index (χ3v) is 6.18. The highest BCUT2D eigenvalue weighted by Crippen LogP contribution is 2.36. The first kappa shape index (κ1) is 29.8. The van der Waals surface area contributed by atoms with E-state index in [0.717, 1.165) is 0 Å². The number of esters is 1. The summed E-state index contributed by atoms with van der Waals surface area (Å²) < 4.78 is 4.96. The van der Waals surface area contributed by atoms with Gasteiger partial charge in [0, 0.05) is 35.3 Å². The number of benzene rings is 1. The number of aliphatic imine (C=N–C) groups is 1. The minimum Gasteiger partial charge on any atom is -0.506 e. The second-order valence-electron chi connectivity index (χ2n) is 9.58. The fraction of sp³-hybridized carbons (Fsp3) is 0.400. The molecule has 0 bridgehead atoms. The normalized spacial score (nSPS) is 14.8. The number of phenolic OH excluding ortho intramolecular Hbond substituents is 1. The molecule has 0 fully saturated rings. The molecule has 210 valence electrons. The number of aromatic amines is 1. The van der Waals surface area contributed by atoms with Gasteiger partial charge in [0.25, 0.3) is 11.5 Å². The van der Waals surface area contributed by atoms with E-state index in [-0.39, 0.29) is 51.1 Å². The largest absolute Gasteiger partial charge is 0.506 e. The molecule has 2 aromatic rings. The van der Waals surface area contributed by atoms with Crippen molar-refractivity contribution in [3.8, 4) is 5.75 Å². The monoisotopic (exact) mass is 580 g/mol. The summed E-state index contributed by atoms with van der Waals surface area (Å²) in [7, 11) is 0. The van der Waals surface area contributed by atoms with Crippen LogP contribution in [0.1, 0.15) is 49.2 Å². The van der Waals surface area contributed by atoms with E-state index in [0.29, 0.717) is 19.0 Å². The first-order chi connectivity index (χ1) is 18.4. The van der Waals surface area contributed by atoms with Crippen LogP contribution in [0.15, 0.2) is 34.2 Å². The van der Waals surface area contributed by atoms with Gasteiger partial charge in [-0.2, -0.15) is 0 Å². The summed E-state index contributed by atoms with van der Waals surface area (Å²) in [5.74, 6) is -1.88. The van der Waals surface area contributed by atoms with Crippen molar-refractivity contribution in [2.24, 2.45) is 10.4 Å². The molecule has 1 aromatic heterocycles. The maximum absolute atomic E-state index is 12.7. The molecule has 1 aliphatic heterocycles. The van der Waals surface area contributed by atoms with Crippen LogP contribution in [0.4, 0.5) is 5.69 Å². The molecular formula is C25H30Cl2N6O6. The zero-order chi connectivity index (χ0) is 28.7. The number of halogens is 2. The second-order valence-corrected chi connectivity index (χ2v) is 10.4. The van der Waals surface area contributed by atoms with E-state index in [9.17, 15) is 24.3 Å². The predicted octanol–water partition coefficient (Wildman–Crippen LogP) is 2.33. The summed E-state index contributed by atoms with van der Waals surface area (Å²) in [5.41, 5.74) is -0.183. The number of aromatic hydroxyl groups is 1. The Morgan fingerprint density at radius 3 is 2.64 bits per heavy atom. The minimum atomic E-state index is -1.04. The first-order valence-electron chi connectivity index (χ1n) is 12.1. The smallest absolute Gasteiger partial charge is 0.308 e. The number of carbonyl (C=O) groups excluding carboxylic acids is 3. The molecule has 1 aromatic carbocycles. The van der Waals surface area contributed by atoms with Crippen LogP contribution in [0.3, 0.4) is 0 Å². The van der Waals surface area contributed by atoms with E-state index in [1.807, 2.05) is 0 Å². The van der Waals surface area contributed by atoms with Gasteiger partial charge >= 0.3 is 5.97 Å². The fourth-order valence-corrected chi connectivity index (χ4v) is 4.14. The fourth-order valence-electron chi connectivity index (χ4n) is 3.63. The maximum Gasteiger partial charge on any atom is 0.308 e. The van der Waals surface area contributed by atoms with Crippen molar-refractivity contribution in [2.45, 2.75) is 33.2 Å². The Hall–Kier alpha value is -3.77. The summed E-state index contributed by atoms with van der Waals surface area (Å²) in [6.45, 7) is 6.61. The molecular weight excluding hydrogens is 551 g/mol. The quantitative estimate of drug-likeness (QED) is 0.245. The summed E-state index contributed by atoms with van der Waals surface area (Å²) in [6, 6.07) is 2.98. The van der Waals surface area contributed by atoms with Crippen molar-refractivity contribution in [1.29, 1.82) is 0 Å². The lowest BCUT2D eigenvalue weighted by Crippen LogP contribution is -2.44. The number of hydrogen-bond donors (Lipinski definition) is 6. The van der Waals surface area contributed by atoms with E-state index in [1.54, 1.807) is 6.92 Å². The van der Waals surface area contributed by atoms with Gasteiger partial charge in [-0.25, -0.2) is 0 Å². The second kappa shape index (κ2) is 12.9. The van der Waals surface area contributed by atoms with Crippen LogP contribution in [-0.2, 0) is 14.3 Å². The molecule has 1 unspecified atom stereocenters. The van der Waals surface area contributed by atoms with E-state index >= 15 is 0 Å². The summed E-state index contributed by atoms with van der Waals surface area (Å²) >= 11 is 12.0. The van der Waals surface area contributed by atoms with Gasteiger partial charge in [-0.15, -0.1) is 0 Å². The Kier molecular flexibility index (Phi) is 9.81. The number of aromatic nitrogens is 1. The molecule has 1 atom stereocenters. The predicted molar refractivity (Wildman–Crippen MR) is 147 cm³/mol. The Bertz CT molecular complexity index is 1340. The number of anilines is 1. The summed E-state index contributed by atoms with van der Waals surface area (Å²) in [4.78, 5) is 56.7. The average molecular weight is 581 g/mol. The molecule has 0 saturated carbocycles. The Balaban J connectivity index is 1.67. The standard InChI is InChI=1S/C25H30Cl2N6O6/c1-4-39-20(35)8-17(15-6-14(26)7-16(27)21(15)36)32-19(34)10-29-22(37)13-5-18(23(38)28-9-13)33-24-30-11-25(2,3)12-31-24/h5-7,9,17,36H,4,8,10-12H2,1-3H3,(H,28,38)(H,29,37)(H,32,34)(H2,30,31,33). The SMILES string of the molecule is CCOC(=O)CC(NC(=O)CNC(=O)c1c[nH]c(=O)c(NC2=NCC(C)(C)CN2)c1)c1cc(Cl)cc(Cl)c1O. The number of nitrogens with zero attached hydrogens (tertiary/aromatic N) is 1. The number of ether oxygens (including phenoxy) is 1. The number of carbonyl (C=O) groups is 3. The van der Waals surface area contributed by atoms with Gasteiger partial charge in [0.1, 0.15) is 11.4 Å². The molecule has 2 heterocycles. The molecule has 0 aliphatic carbocycles. The molecule has 3 rings (SSSR count). The molecule has 14 heteroatoms. The summed E-state index contributed by atoms with van der Waals surface area (Å²) in [6.07, 6.45) is 0.900. The maximum atomic E-state index is 12.7. The molecule has 0 radical (unpaired) electrons. The number of amides is 2. The van der Waals surface area contributed by atoms with Crippen molar-refractivity contribution in [3.63, 3.8) is 0 Å². The zero-order valence-corrected chi connectivity index (χ0v) is 23.1. The van der Waals surface area contributed by atoms with E-state index in [4.69, 9.17) is 27.9 Å². The van der Waals surface area contributed by atoms with Gasteiger partial charge < -0.3 is 36.1 Å². The van der Waals surface area contributed by atoms with Crippen LogP contribution < -0.4 is 26.8 Å². The van der Waals surface area contributed by atoms with Gasteiger partial charge in [-0.3, -0.25) is 24.2 Å². The highest BCUT2D eigenvalue weighted by atomic mass is 35.5. The van der Waals surface area contributed by atoms with Crippen LogP contribution >= 0.6 is 23.2 Å². The molecule has 0 spiro atoms. The van der Waals surface area contributed by atoms with Gasteiger partial charge in [-0.05, 0) is 25.1 Å². The molecule has 1 aliphatic rings. The van der Waals surface area contributed by atoms with Crippen molar-refractivity contribution in [2.75, 3.05) is 31.6 Å². The molecule has 12 nitrogen and oxygen atoms in total. The highest BCUT2D eigenvalue weighted by molar-refractivity contribution is 6.35. The van der Waals surface area contributed by atoms with Crippen molar-refractivity contribution >= 4 is 52.6 Å². The van der Waals surface area contributed by atoms with Crippen molar-refractivity contribution in [1.82, 2.24) is 20.9 Å². The zero-order valence-electron chi connectivity index (χ0n) is 21.6. The summed E-state index contributed by atoms with van der Waals surface area (Å²) in [5, 5.41) is 21.5. The number of nitrogens with one attached hydrogen (secondary N) is 5. The number of guanidine groups is 1. The Morgan fingerprint density at radius 2 is 1.97 bits per heavy atom. The number of pyridine rings is 1. The topological polar surface area (TPSA) is 174 Å². The van der Waals surface area contributed by atoms with Crippen molar-refractivity contribution in [3.05, 3.63) is 55.9 Å². The number of H-pyrrole nitrogens is 1. The van der Waals surface area contributed by atoms with Crippen LogP contribution in [0.25, 0.3) is 0 Å². The van der Waals surface area contributed by atoms with Crippen LogP contribution in [0.2, 0.25) is 10.0 Å². The van der Waals surface area contributed by atoms with E-state index in [2.05, 4.69) is 45.1 Å². The van der Waals surface area contributed by atoms with Crippen LogP contribution in [0, 0.1) is 5.41 Å². The molecule has 0 saturated heterocycles. The third-order valence-electron chi connectivity index (χ3n) is 5.67. The van der Waals surface area contributed by atoms with E-state index < -0.39 is 35.9 Å². The number of hydrogen-bond acceptors (Lipinski definition) is 9. The lowest BCUT2D eigenvalue weighted by molar-refractivity contribution is -0.143. The lowest BCUT2D eigenvalue weighted by Gasteiger charge is -2.29. The van der Waals surface area contributed by atoms with Crippen LogP contribution in [-0.4, -0.2) is 60.1 Å². The average Bonchev–Trinajstić information content (AvgIpc) is 2.87. The highest BCUT2D eigenvalue weighted by Gasteiger charge is 2.25. The number of rotatable bonds is 9. The van der Waals surface area contributed by atoms with Gasteiger partial charge in [0.05, 0.1) is 36.2 Å². The van der Waals surface area contributed by atoms with Gasteiger partial charge in [0.15, 0.2) is 5.96 Å². The Morgan fingerprint density at radius 1 is 1.23 bits per heavy atom. The molecule has 39 heavy (non-hydrogen) atoms. The van der Waals surface area contributed by atoms with Gasteiger partial charge in [0.2, 0.25) is 5.91 Å². The molecule has 2 amide bonds. The lowest BCUT2D eigenvalue weighted by atomic mass is 9.93. The molecule has 6 N–H and O–H groups in total. The minimum absolute atomic E-state index is 0.0208.